The third-order valence-corrected chi connectivity index (χ3v) is 4.94. The first-order valence-electron chi connectivity index (χ1n) is 9.12. The predicted molar refractivity (Wildman–Crippen MR) is 98.6 cm³/mol. The monoisotopic (exact) mass is 368 g/mol. The highest BCUT2D eigenvalue weighted by atomic mass is 19.1. The fraction of sp³-hybridized carbons (Fsp3) is 0.368. The summed E-state index contributed by atoms with van der Waals surface area (Å²) < 4.78 is 14.7. The molecule has 2 atom stereocenters. The van der Waals surface area contributed by atoms with Crippen LogP contribution in [0.3, 0.4) is 0 Å². The number of carbonyl (C=O) groups excluding carboxylic acids is 1. The number of pyridine rings is 1. The highest BCUT2D eigenvalue weighted by molar-refractivity contribution is 5.81. The van der Waals surface area contributed by atoms with Crippen LogP contribution in [0.15, 0.2) is 43.0 Å². The Morgan fingerprint density at radius 3 is 3.00 bits per heavy atom. The molecule has 0 spiro atoms. The van der Waals surface area contributed by atoms with E-state index in [0.717, 1.165) is 43.6 Å². The number of hydrogen-bond acceptors (Lipinski definition) is 5. The third-order valence-electron chi connectivity index (χ3n) is 4.94. The maximum absolute atomic E-state index is 12.8. The minimum absolute atomic E-state index is 0.0237. The number of anilines is 1. The SMILES string of the molecule is O=C1N[C@H](CNc2ncc(F)cn2)C[C@@H]1CCCc1cccn2nccc12. The molecule has 0 aromatic carbocycles. The number of nitrogens with zero attached hydrogens (tertiary/aromatic N) is 4. The average Bonchev–Trinajstić information content (AvgIpc) is 3.28. The van der Waals surface area contributed by atoms with Gasteiger partial charge >= 0.3 is 0 Å². The second-order valence-electron chi connectivity index (χ2n) is 6.83. The van der Waals surface area contributed by atoms with E-state index in [0.29, 0.717) is 12.5 Å². The van der Waals surface area contributed by atoms with Crippen molar-refractivity contribution in [3.63, 3.8) is 0 Å². The van der Waals surface area contributed by atoms with Gasteiger partial charge in [0.15, 0.2) is 5.82 Å². The third kappa shape index (κ3) is 4.05. The zero-order valence-corrected chi connectivity index (χ0v) is 14.8. The molecule has 1 aliphatic rings. The predicted octanol–water partition coefficient (Wildman–Crippen LogP) is 2.20. The number of rotatable bonds is 7. The molecule has 2 N–H and O–H groups in total. The van der Waals surface area contributed by atoms with Crippen LogP contribution in [0.1, 0.15) is 24.8 Å². The van der Waals surface area contributed by atoms with Gasteiger partial charge in [0.25, 0.3) is 0 Å². The summed E-state index contributed by atoms with van der Waals surface area (Å²) in [6, 6.07) is 6.16. The fourth-order valence-electron chi connectivity index (χ4n) is 3.59. The Balaban J connectivity index is 1.25. The number of hydrogen-bond donors (Lipinski definition) is 2. The topological polar surface area (TPSA) is 84.2 Å². The molecule has 27 heavy (non-hydrogen) atoms. The van der Waals surface area contributed by atoms with Crippen LogP contribution in [0.25, 0.3) is 5.52 Å². The van der Waals surface area contributed by atoms with Gasteiger partial charge in [-0.05, 0) is 43.4 Å². The van der Waals surface area contributed by atoms with E-state index in [1.807, 2.05) is 22.8 Å². The van der Waals surface area contributed by atoms with E-state index in [1.54, 1.807) is 6.20 Å². The molecule has 0 aliphatic carbocycles. The zero-order valence-electron chi connectivity index (χ0n) is 14.8. The molecule has 0 saturated carbocycles. The summed E-state index contributed by atoms with van der Waals surface area (Å²) in [4.78, 5) is 19.9. The fourth-order valence-corrected chi connectivity index (χ4v) is 3.59. The second-order valence-corrected chi connectivity index (χ2v) is 6.83. The summed E-state index contributed by atoms with van der Waals surface area (Å²) in [6.45, 7) is 0.531. The van der Waals surface area contributed by atoms with E-state index in [1.165, 1.54) is 5.56 Å². The summed E-state index contributed by atoms with van der Waals surface area (Å²) >= 11 is 0. The number of aromatic nitrogens is 4. The quantitative estimate of drug-likeness (QED) is 0.668. The molecule has 0 bridgehead atoms. The van der Waals surface area contributed by atoms with Gasteiger partial charge in [-0.2, -0.15) is 5.10 Å². The number of nitrogens with one attached hydrogen (secondary N) is 2. The van der Waals surface area contributed by atoms with Crippen molar-refractivity contribution in [2.75, 3.05) is 11.9 Å². The molecule has 4 heterocycles. The molecule has 0 unspecified atom stereocenters. The van der Waals surface area contributed by atoms with Gasteiger partial charge in [-0.3, -0.25) is 4.79 Å². The average molecular weight is 368 g/mol. The van der Waals surface area contributed by atoms with Gasteiger partial charge in [0.05, 0.1) is 17.9 Å². The van der Waals surface area contributed by atoms with Crippen molar-refractivity contribution in [2.45, 2.75) is 31.7 Å². The van der Waals surface area contributed by atoms with Gasteiger partial charge in [-0.15, -0.1) is 0 Å². The van der Waals surface area contributed by atoms with Crippen LogP contribution < -0.4 is 10.6 Å². The van der Waals surface area contributed by atoms with Crippen LogP contribution in [-0.2, 0) is 11.2 Å². The molecule has 1 saturated heterocycles. The highest BCUT2D eigenvalue weighted by Gasteiger charge is 2.31. The Hall–Kier alpha value is -3.03. The lowest BCUT2D eigenvalue weighted by Gasteiger charge is -2.11. The normalized spacial score (nSPS) is 19.4. The van der Waals surface area contributed by atoms with Gasteiger partial charge in [-0.1, -0.05) is 6.07 Å². The van der Waals surface area contributed by atoms with Gasteiger partial charge in [0.1, 0.15) is 0 Å². The van der Waals surface area contributed by atoms with E-state index < -0.39 is 5.82 Å². The zero-order chi connectivity index (χ0) is 18.6. The molecule has 0 radical (unpaired) electrons. The summed E-state index contributed by atoms with van der Waals surface area (Å²) in [5.41, 5.74) is 2.37. The van der Waals surface area contributed by atoms with Crippen molar-refractivity contribution < 1.29 is 9.18 Å². The van der Waals surface area contributed by atoms with Crippen molar-refractivity contribution in [3.05, 3.63) is 54.4 Å². The Bertz CT molecular complexity index is 925. The van der Waals surface area contributed by atoms with Crippen molar-refractivity contribution in [2.24, 2.45) is 5.92 Å². The Kier molecular flexibility index (Phi) is 4.95. The van der Waals surface area contributed by atoms with Crippen LogP contribution in [-0.4, -0.2) is 38.1 Å². The lowest BCUT2D eigenvalue weighted by atomic mass is 9.96. The van der Waals surface area contributed by atoms with Crippen molar-refractivity contribution in [1.82, 2.24) is 24.9 Å². The molecular formula is C19H21FN6O. The largest absolute Gasteiger partial charge is 0.352 e. The van der Waals surface area contributed by atoms with Crippen LogP contribution in [0, 0.1) is 11.7 Å². The van der Waals surface area contributed by atoms with Crippen LogP contribution in [0.5, 0.6) is 0 Å². The first-order chi connectivity index (χ1) is 13.2. The lowest BCUT2D eigenvalue weighted by Crippen LogP contribution is -2.32. The second kappa shape index (κ2) is 7.69. The molecule has 3 aromatic rings. The van der Waals surface area contributed by atoms with E-state index in [4.69, 9.17) is 0 Å². The molecule has 140 valence electrons. The Morgan fingerprint density at radius 2 is 2.15 bits per heavy atom. The van der Waals surface area contributed by atoms with Gasteiger partial charge < -0.3 is 10.6 Å². The van der Waals surface area contributed by atoms with E-state index >= 15 is 0 Å². The number of aryl methyl sites for hydroxylation is 1. The molecule has 1 fully saturated rings. The number of fused-ring (bicyclic) bond motifs is 1. The van der Waals surface area contributed by atoms with Crippen LogP contribution in [0.4, 0.5) is 10.3 Å². The lowest BCUT2D eigenvalue weighted by molar-refractivity contribution is -0.122. The summed E-state index contributed by atoms with van der Waals surface area (Å²) in [5, 5.41) is 10.3. The smallest absolute Gasteiger partial charge is 0.223 e. The summed E-state index contributed by atoms with van der Waals surface area (Å²) in [7, 11) is 0. The molecule has 3 aromatic heterocycles. The minimum atomic E-state index is -0.471. The first-order valence-corrected chi connectivity index (χ1v) is 9.12. The van der Waals surface area contributed by atoms with Crippen molar-refractivity contribution in [3.8, 4) is 0 Å². The molecule has 7 nitrogen and oxygen atoms in total. The number of amides is 1. The van der Waals surface area contributed by atoms with Crippen LogP contribution >= 0.6 is 0 Å². The van der Waals surface area contributed by atoms with E-state index in [9.17, 15) is 9.18 Å². The van der Waals surface area contributed by atoms with E-state index in [-0.39, 0.29) is 17.9 Å². The molecule has 1 aliphatic heterocycles. The van der Waals surface area contributed by atoms with Crippen LogP contribution in [0.2, 0.25) is 0 Å². The number of halogens is 1. The Labute approximate surface area is 156 Å². The molecule has 1 amide bonds. The minimum Gasteiger partial charge on any atom is -0.352 e. The standard InChI is InChI=1S/C19H21FN6O/c20-15-10-21-19(22-11-15)23-12-16-9-14(18(27)25-16)4-1-3-13-5-2-8-26-17(13)6-7-24-26/h2,5-8,10-11,14,16H,1,3-4,9,12H2,(H,25,27)(H,21,22,23)/t14-,16-/m0/s1. The van der Waals surface area contributed by atoms with E-state index in [2.05, 4.69) is 31.8 Å². The summed E-state index contributed by atoms with van der Waals surface area (Å²) in [6.07, 6.45) is 9.47. The maximum atomic E-state index is 12.8. The molecular weight excluding hydrogens is 347 g/mol. The van der Waals surface area contributed by atoms with Gasteiger partial charge in [0.2, 0.25) is 11.9 Å². The number of carbonyl (C=O) groups is 1. The van der Waals surface area contributed by atoms with Crippen molar-refractivity contribution in [1.29, 1.82) is 0 Å². The molecule has 4 rings (SSSR count). The summed E-state index contributed by atoms with van der Waals surface area (Å²) in [5.74, 6) is 0.0179. The van der Waals surface area contributed by atoms with Gasteiger partial charge in [0, 0.05) is 30.9 Å². The highest BCUT2D eigenvalue weighted by Crippen LogP contribution is 2.23. The maximum Gasteiger partial charge on any atom is 0.223 e. The Morgan fingerprint density at radius 1 is 1.30 bits per heavy atom. The first kappa shape index (κ1) is 17.4. The molecule has 8 heteroatoms. The van der Waals surface area contributed by atoms with Gasteiger partial charge in [-0.25, -0.2) is 18.9 Å². The van der Waals surface area contributed by atoms with Crippen molar-refractivity contribution >= 4 is 17.4 Å².